The summed E-state index contributed by atoms with van der Waals surface area (Å²) >= 11 is 0. The predicted octanol–water partition coefficient (Wildman–Crippen LogP) is 1.81. The van der Waals surface area contributed by atoms with Crippen molar-refractivity contribution in [1.29, 1.82) is 0 Å². The maximum Gasteiger partial charge on any atom is 0.239 e. The van der Waals surface area contributed by atoms with Gasteiger partial charge in [0.2, 0.25) is 5.91 Å². The average Bonchev–Trinajstić information content (AvgIpc) is 2.12. The molecule has 1 unspecified atom stereocenters. The van der Waals surface area contributed by atoms with Gasteiger partial charge >= 0.3 is 0 Å². The SMILES string of the molecule is CC(C)C[C@H](N)C(=O)N1CC(C)OC(C)(C)C1.Cl. The van der Waals surface area contributed by atoms with Crippen LogP contribution in [0.4, 0.5) is 0 Å². The van der Waals surface area contributed by atoms with Gasteiger partial charge in [-0.05, 0) is 33.1 Å². The molecule has 0 spiro atoms. The number of hydrogen-bond acceptors (Lipinski definition) is 3. The summed E-state index contributed by atoms with van der Waals surface area (Å²) in [5, 5.41) is 0. The number of carbonyl (C=O) groups is 1. The molecule has 0 radical (unpaired) electrons. The van der Waals surface area contributed by atoms with Crippen LogP contribution in [-0.2, 0) is 9.53 Å². The molecule has 1 aliphatic rings. The summed E-state index contributed by atoms with van der Waals surface area (Å²) in [5.41, 5.74) is 5.68. The maximum atomic E-state index is 12.2. The molecule has 4 nitrogen and oxygen atoms in total. The van der Waals surface area contributed by atoms with Crippen LogP contribution in [0.2, 0.25) is 0 Å². The highest BCUT2D eigenvalue weighted by molar-refractivity contribution is 5.85. The molecule has 0 bridgehead atoms. The molecule has 5 heteroatoms. The number of hydrogen-bond donors (Lipinski definition) is 1. The van der Waals surface area contributed by atoms with Gasteiger partial charge in [0.05, 0.1) is 17.7 Å². The molecule has 18 heavy (non-hydrogen) atoms. The van der Waals surface area contributed by atoms with Gasteiger partial charge in [-0.2, -0.15) is 0 Å². The Morgan fingerprint density at radius 3 is 2.50 bits per heavy atom. The lowest BCUT2D eigenvalue weighted by Gasteiger charge is -2.42. The van der Waals surface area contributed by atoms with Crippen molar-refractivity contribution >= 4 is 18.3 Å². The molecule has 108 valence electrons. The quantitative estimate of drug-likeness (QED) is 0.857. The largest absolute Gasteiger partial charge is 0.369 e. The zero-order chi connectivity index (χ0) is 13.2. The van der Waals surface area contributed by atoms with Gasteiger partial charge in [0.1, 0.15) is 0 Å². The Kier molecular flexibility index (Phi) is 6.61. The maximum absolute atomic E-state index is 12.2. The van der Waals surface area contributed by atoms with Gasteiger partial charge in [0, 0.05) is 13.1 Å². The minimum atomic E-state index is -0.379. The summed E-state index contributed by atoms with van der Waals surface area (Å²) in [7, 11) is 0. The zero-order valence-electron chi connectivity index (χ0n) is 12.1. The third-order valence-electron chi connectivity index (χ3n) is 2.92. The highest BCUT2D eigenvalue weighted by Gasteiger charge is 2.35. The molecular weight excluding hydrogens is 252 g/mol. The van der Waals surface area contributed by atoms with Crippen LogP contribution in [0.25, 0.3) is 0 Å². The second-order valence-electron chi connectivity index (χ2n) is 6.14. The summed E-state index contributed by atoms with van der Waals surface area (Å²) in [4.78, 5) is 14.1. The Labute approximate surface area is 117 Å². The lowest BCUT2D eigenvalue weighted by molar-refractivity contribution is -0.159. The van der Waals surface area contributed by atoms with Crippen molar-refractivity contribution in [1.82, 2.24) is 4.90 Å². The molecular formula is C13H27ClN2O2. The number of halogens is 1. The third kappa shape index (κ3) is 5.12. The molecule has 0 aromatic heterocycles. The zero-order valence-corrected chi connectivity index (χ0v) is 12.9. The van der Waals surface area contributed by atoms with Crippen LogP contribution >= 0.6 is 12.4 Å². The molecule has 0 aromatic rings. The number of ether oxygens (including phenoxy) is 1. The van der Waals surface area contributed by atoms with E-state index in [-0.39, 0.29) is 36.1 Å². The summed E-state index contributed by atoms with van der Waals surface area (Å²) < 4.78 is 5.78. The third-order valence-corrected chi connectivity index (χ3v) is 2.92. The first kappa shape index (κ1) is 17.7. The molecule has 2 atom stereocenters. The smallest absolute Gasteiger partial charge is 0.239 e. The molecule has 1 saturated heterocycles. The summed E-state index contributed by atoms with van der Waals surface area (Å²) in [6, 6.07) is -0.379. The van der Waals surface area contributed by atoms with Crippen molar-refractivity contribution in [2.24, 2.45) is 11.7 Å². The van der Waals surface area contributed by atoms with Gasteiger partial charge in [0.25, 0.3) is 0 Å². The fourth-order valence-corrected chi connectivity index (χ4v) is 2.46. The molecule has 0 aromatic carbocycles. The minimum Gasteiger partial charge on any atom is -0.369 e. The number of carbonyl (C=O) groups excluding carboxylic acids is 1. The molecule has 2 N–H and O–H groups in total. The van der Waals surface area contributed by atoms with Gasteiger partial charge in [-0.15, -0.1) is 12.4 Å². The van der Waals surface area contributed by atoms with Crippen molar-refractivity contribution in [2.75, 3.05) is 13.1 Å². The number of nitrogens with zero attached hydrogens (tertiary/aromatic N) is 1. The highest BCUT2D eigenvalue weighted by atomic mass is 35.5. The van der Waals surface area contributed by atoms with Gasteiger partial charge in [-0.25, -0.2) is 0 Å². The first-order valence-corrected chi connectivity index (χ1v) is 6.43. The van der Waals surface area contributed by atoms with Crippen molar-refractivity contribution in [2.45, 2.75) is 58.8 Å². The normalized spacial score (nSPS) is 24.6. The predicted molar refractivity (Wildman–Crippen MR) is 75.9 cm³/mol. The van der Waals surface area contributed by atoms with Crippen LogP contribution in [0.3, 0.4) is 0 Å². The van der Waals surface area contributed by atoms with E-state index in [2.05, 4.69) is 13.8 Å². The molecule has 0 aliphatic carbocycles. The standard InChI is InChI=1S/C13H26N2O2.ClH/c1-9(2)6-11(14)12(16)15-7-10(3)17-13(4,5)8-15;/h9-11H,6-8,14H2,1-5H3;1H/t10?,11-;/m0./s1. The lowest BCUT2D eigenvalue weighted by Crippen LogP contribution is -2.57. The second-order valence-corrected chi connectivity index (χ2v) is 6.14. The van der Waals surface area contributed by atoms with Crippen LogP contribution in [-0.4, -0.2) is 41.6 Å². The second kappa shape index (κ2) is 6.73. The van der Waals surface area contributed by atoms with E-state index in [4.69, 9.17) is 10.5 Å². The van der Waals surface area contributed by atoms with E-state index in [1.807, 2.05) is 25.7 Å². The van der Waals surface area contributed by atoms with Gasteiger partial charge in [0.15, 0.2) is 0 Å². The monoisotopic (exact) mass is 278 g/mol. The van der Waals surface area contributed by atoms with Crippen LogP contribution in [0.15, 0.2) is 0 Å². The van der Waals surface area contributed by atoms with E-state index in [0.29, 0.717) is 19.0 Å². The summed E-state index contributed by atoms with van der Waals surface area (Å²) in [5.74, 6) is 0.502. The van der Waals surface area contributed by atoms with E-state index in [1.165, 1.54) is 0 Å². The van der Waals surface area contributed by atoms with Crippen molar-refractivity contribution in [3.05, 3.63) is 0 Å². The molecule has 1 aliphatic heterocycles. The van der Waals surface area contributed by atoms with E-state index in [1.54, 1.807) is 0 Å². The summed E-state index contributed by atoms with van der Waals surface area (Å²) in [6.07, 6.45) is 0.819. The molecule has 1 fully saturated rings. The van der Waals surface area contributed by atoms with Crippen LogP contribution in [0.5, 0.6) is 0 Å². The van der Waals surface area contributed by atoms with Crippen molar-refractivity contribution in [3.63, 3.8) is 0 Å². The molecule has 0 saturated carbocycles. The van der Waals surface area contributed by atoms with E-state index < -0.39 is 0 Å². The fraction of sp³-hybridized carbons (Fsp3) is 0.923. The Morgan fingerprint density at radius 1 is 1.50 bits per heavy atom. The molecule has 1 rings (SSSR count). The van der Waals surface area contributed by atoms with E-state index >= 15 is 0 Å². The first-order valence-electron chi connectivity index (χ1n) is 6.43. The Bertz CT molecular complexity index is 282. The summed E-state index contributed by atoms with van der Waals surface area (Å²) in [6.45, 7) is 11.5. The average molecular weight is 279 g/mol. The topological polar surface area (TPSA) is 55.6 Å². The molecule has 1 amide bonds. The number of amides is 1. The Hall–Kier alpha value is -0.320. The first-order chi connectivity index (χ1) is 7.71. The number of rotatable bonds is 3. The lowest BCUT2D eigenvalue weighted by atomic mass is 10.0. The van der Waals surface area contributed by atoms with Gasteiger partial charge < -0.3 is 15.4 Å². The van der Waals surface area contributed by atoms with Gasteiger partial charge in [-0.1, -0.05) is 13.8 Å². The van der Waals surface area contributed by atoms with Gasteiger partial charge in [-0.3, -0.25) is 4.79 Å². The van der Waals surface area contributed by atoms with Crippen LogP contribution in [0.1, 0.15) is 41.0 Å². The number of nitrogens with two attached hydrogens (primary N) is 1. The van der Waals surface area contributed by atoms with E-state index in [9.17, 15) is 4.79 Å². The molecule has 1 heterocycles. The van der Waals surface area contributed by atoms with Crippen molar-refractivity contribution in [3.8, 4) is 0 Å². The Balaban J connectivity index is 0.00000289. The highest BCUT2D eigenvalue weighted by Crippen LogP contribution is 2.21. The van der Waals surface area contributed by atoms with Crippen LogP contribution < -0.4 is 5.73 Å². The fourth-order valence-electron chi connectivity index (χ4n) is 2.46. The minimum absolute atomic E-state index is 0. The van der Waals surface area contributed by atoms with E-state index in [0.717, 1.165) is 6.42 Å². The van der Waals surface area contributed by atoms with Crippen molar-refractivity contribution < 1.29 is 9.53 Å². The Morgan fingerprint density at radius 2 is 2.06 bits per heavy atom. The van der Waals surface area contributed by atoms with Crippen LogP contribution in [0, 0.1) is 5.92 Å². The number of morpholine rings is 1.